The van der Waals surface area contributed by atoms with E-state index < -0.39 is 5.97 Å². The minimum atomic E-state index is -0.444. The lowest BCUT2D eigenvalue weighted by Crippen LogP contribution is -2.16. The van der Waals surface area contributed by atoms with Crippen molar-refractivity contribution in [2.24, 2.45) is 0 Å². The molecule has 106 valence electrons. The SMILES string of the molecule is O=C(OCc1ccccc1)c1ccc2c(c1)C(=O)CCO2. The summed E-state index contributed by atoms with van der Waals surface area (Å²) < 4.78 is 10.6. The minimum Gasteiger partial charge on any atom is -0.492 e. The molecule has 2 aromatic rings. The zero-order valence-electron chi connectivity index (χ0n) is 11.4. The molecule has 0 aliphatic carbocycles. The molecule has 0 atom stereocenters. The number of carbonyl (C=O) groups excluding carboxylic acids is 2. The van der Waals surface area contributed by atoms with Crippen LogP contribution in [0.2, 0.25) is 0 Å². The van der Waals surface area contributed by atoms with Crippen molar-refractivity contribution in [2.75, 3.05) is 6.61 Å². The predicted molar refractivity (Wildman–Crippen MR) is 76.4 cm³/mol. The molecule has 0 saturated heterocycles. The average Bonchev–Trinajstić information content (AvgIpc) is 2.54. The van der Waals surface area contributed by atoms with Gasteiger partial charge in [-0.1, -0.05) is 30.3 Å². The molecule has 0 saturated carbocycles. The van der Waals surface area contributed by atoms with E-state index in [1.165, 1.54) is 0 Å². The summed E-state index contributed by atoms with van der Waals surface area (Å²) >= 11 is 0. The second kappa shape index (κ2) is 5.79. The molecule has 2 aromatic carbocycles. The van der Waals surface area contributed by atoms with Crippen molar-refractivity contribution in [2.45, 2.75) is 13.0 Å². The monoisotopic (exact) mass is 282 g/mol. The topological polar surface area (TPSA) is 52.6 Å². The molecule has 0 bridgehead atoms. The fourth-order valence-electron chi connectivity index (χ4n) is 2.20. The number of hydrogen-bond acceptors (Lipinski definition) is 4. The molecule has 0 N–H and O–H groups in total. The molecule has 21 heavy (non-hydrogen) atoms. The van der Waals surface area contributed by atoms with Crippen LogP contribution in [0.1, 0.15) is 32.7 Å². The van der Waals surface area contributed by atoms with Crippen LogP contribution < -0.4 is 4.74 Å². The summed E-state index contributed by atoms with van der Waals surface area (Å²) in [5.41, 5.74) is 1.74. The van der Waals surface area contributed by atoms with Crippen molar-refractivity contribution < 1.29 is 19.1 Å². The maximum atomic E-state index is 12.0. The molecule has 0 unspecified atom stereocenters. The fraction of sp³-hybridized carbons (Fsp3) is 0.176. The Morgan fingerprint density at radius 2 is 1.95 bits per heavy atom. The summed E-state index contributed by atoms with van der Waals surface area (Å²) in [4.78, 5) is 23.8. The molecular weight excluding hydrogens is 268 g/mol. The van der Waals surface area contributed by atoms with Gasteiger partial charge in [0.1, 0.15) is 12.4 Å². The molecule has 3 rings (SSSR count). The molecule has 0 aromatic heterocycles. The number of ether oxygens (including phenoxy) is 2. The van der Waals surface area contributed by atoms with E-state index in [0.717, 1.165) is 5.56 Å². The molecule has 0 spiro atoms. The molecule has 1 aliphatic heterocycles. The number of Topliss-reactive ketones (excluding diaryl/α,β-unsaturated/α-hetero) is 1. The third kappa shape index (κ3) is 2.94. The lowest BCUT2D eigenvalue weighted by molar-refractivity contribution is 0.0472. The van der Waals surface area contributed by atoms with E-state index in [0.29, 0.717) is 29.9 Å². The van der Waals surface area contributed by atoms with Gasteiger partial charge >= 0.3 is 5.97 Å². The first kappa shape index (κ1) is 13.4. The summed E-state index contributed by atoms with van der Waals surface area (Å²) in [6.45, 7) is 0.602. The Kier molecular flexibility index (Phi) is 3.69. The van der Waals surface area contributed by atoms with Gasteiger partial charge in [0.25, 0.3) is 0 Å². The second-order valence-electron chi connectivity index (χ2n) is 4.79. The number of benzene rings is 2. The number of ketones is 1. The molecule has 0 fully saturated rings. The predicted octanol–water partition coefficient (Wildman–Crippen LogP) is 3.01. The first-order valence-corrected chi connectivity index (χ1v) is 6.75. The van der Waals surface area contributed by atoms with Crippen LogP contribution in [0.25, 0.3) is 0 Å². The Balaban J connectivity index is 1.73. The van der Waals surface area contributed by atoms with E-state index in [-0.39, 0.29) is 12.4 Å². The maximum absolute atomic E-state index is 12.0. The van der Waals surface area contributed by atoms with Crippen molar-refractivity contribution in [1.82, 2.24) is 0 Å². The fourth-order valence-corrected chi connectivity index (χ4v) is 2.20. The molecule has 4 nitrogen and oxygen atoms in total. The van der Waals surface area contributed by atoms with Crippen molar-refractivity contribution in [1.29, 1.82) is 0 Å². The van der Waals surface area contributed by atoms with Crippen LogP contribution in [0.4, 0.5) is 0 Å². The number of fused-ring (bicyclic) bond motifs is 1. The van der Waals surface area contributed by atoms with Crippen LogP contribution in [-0.4, -0.2) is 18.4 Å². The highest BCUT2D eigenvalue weighted by Crippen LogP contribution is 2.26. The molecular formula is C17H14O4. The highest BCUT2D eigenvalue weighted by Gasteiger charge is 2.20. The summed E-state index contributed by atoms with van der Waals surface area (Å²) in [6, 6.07) is 14.3. The quantitative estimate of drug-likeness (QED) is 0.812. The van der Waals surface area contributed by atoms with E-state index in [2.05, 4.69) is 0 Å². The Labute approximate surface area is 122 Å². The highest BCUT2D eigenvalue weighted by molar-refractivity contribution is 6.02. The van der Waals surface area contributed by atoms with E-state index in [1.807, 2.05) is 30.3 Å². The zero-order valence-corrected chi connectivity index (χ0v) is 11.4. The summed E-state index contributed by atoms with van der Waals surface area (Å²) in [6.07, 6.45) is 0.343. The van der Waals surface area contributed by atoms with Gasteiger partial charge in [0.2, 0.25) is 0 Å². The number of esters is 1. The maximum Gasteiger partial charge on any atom is 0.338 e. The lowest BCUT2D eigenvalue weighted by atomic mass is 10.0. The Hall–Kier alpha value is -2.62. The van der Waals surface area contributed by atoms with Crippen molar-refractivity contribution in [3.63, 3.8) is 0 Å². The van der Waals surface area contributed by atoms with Gasteiger partial charge < -0.3 is 9.47 Å². The van der Waals surface area contributed by atoms with Gasteiger partial charge in [-0.3, -0.25) is 4.79 Å². The average molecular weight is 282 g/mol. The van der Waals surface area contributed by atoms with Crippen molar-refractivity contribution in [3.05, 3.63) is 65.2 Å². The molecule has 0 radical (unpaired) electrons. The molecule has 4 heteroatoms. The second-order valence-corrected chi connectivity index (χ2v) is 4.79. The van der Waals surface area contributed by atoms with Crippen LogP contribution in [0.15, 0.2) is 48.5 Å². The van der Waals surface area contributed by atoms with E-state index in [9.17, 15) is 9.59 Å². The smallest absolute Gasteiger partial charge is 0.338 e. The van der Waals surface area contributed by atoms with Gasteiger partial charge in [-0.05, 0) is 23.8 Å². The van der Waals surface area contributed by atoms with Gasteiger partial charge in [-0.25, -0.2) is 4.79 Å². The molecule has 1 heterocycles. The van der Waals surface area contributed by atoms with Crippen LogP contribution in [0, 0.1) is 0 Å². The lowest BCUT2D eigenvalue weighted by Gasteiger charge is -2.16. The molecule has 1 aliphatic rings. The molecule has 0 amide bonds. The van der Waals surface area contributed by atoms with Crippen molar-refractivity contribution >= 4 is 11.8 Å². The normalized spacial score (nSPS) is 13.2. The number of carbonyl (C=O) groups is 2. The Morgan fingerprint density at radius 3 is 2.76 bits per heavy atom. The first-order chi connectivity index (χ1) is 10.2. The third-order valence-electron chi connectivity index (χ3n) is 3.32. The van der Waals surface area contributed by atoms with Crippen LogP contribution in [0.5, 0.6) is 5.75 Å². The van der Waals surface area contributed by atoms with E-state index >= 15 is 0 Å². The van der Waals surface area contributed by atoms with Crippen molar-refractivity contribution in [3.8, 4) is 5.75 Å². The summed E-state index contributed by atoms with van der Waals surface area (Å²) in [7, 11) is 0. The van der Waals surface area contributed by atoms with Gasteiger partial charge in [0.15, 0.2) is 5.78 Å². The number of hydrogen-bond donors (Lipinski definition) is 0. The van der Waals surface area contributed by atoms with Gasteiger partial charge in [0, 0.05) is 6.42 Å². The van der Waals surface area contributed by atoms with E-state index in [4.69, 9.17) is 9.47 Å². The minimum absolute atomic E-state index is 0.00559. The first-order valence-electron chi connectivity index (χ1n) is 6.75. The zero-order chi connectivity index (χ0) is 14.7. The Morgan fingerprint density at radius 1 is 1.14 bits per heavy atom. The largest absolute Gasteiger partial charge is 0.492 e. The van der Waals surface area contributed by atoms with Crippen LogP contribution in [0.3, 0.4) is 0 Å². The third-order valence-corrected chi connectivity index (χ3v) is 3.32. The highest BCUT2D eigenvalue weighted by atomic mass is 16.5. The van der Waals surface area contributed by atoms with Crippen LogP contribution in [-0.2, 0) is 11.3 Å². The van der Waals surface area contributed by atoms with Crippen LogP contribution >= 0.6 is 0 Å². The van der Waals surface area contributed by atoms with Gasteiger partial charge in [0.05, 0.1) is 17.7 Å². The van der Waals surface area contributed by atoms with E-state index in [1.54, 1.807) is 18.2 Å². The standard InChI is InChI=1S/C17H14O4/c18-15-8-9-20-16-7-6-13(10-14(15)16)17(19)21-11-12-4-2-1-3-5-12/h1-7,10H,8-9,11H2. The number of rotatable bonds is 3. The summed E-state index contributed by atoms with van der Waals surface area (Å²) in [5.74, 6) is 0.0832. The van der Waals surface area contributed by atoms with Gasteiger partial charge in [-0.15, -0.1) is 0 Å². The summed E-state index contributed by atoms with van der Waals surface area (Å²) in [5, 5.41) is 0. The van der Waals surface area contributed by atoms with Gasteiger partial charge in [-0.2, -0.15) is 0 Å². The Bertz CT molecular complexity index is 676.